The maximum absolute atomic E-state index is 9.13. The zero-order valence-corrected chi connectivity index (χ0v) is 22.2. The molecule has 0 radical (unpaired) electrons. The maximum atomic E-state index is 9.13. The van der Waals surface area contributed by atoms with Crippen LogP contribution in [0.15, 0.2) is 84.9 Å². The highest BCUT2D eigenvalue weighted by atomic mass is 16.5. The maximum Gasteiger partial charge on any atom is 0.189 e. The van der Waals surface area contributed by atoms with Crippen LogP contribution in [0, 0.1) is 17.9 Å². The van der Waals surface area contributed by atoms with E-state index in [9.17, 15) is 0 Å². The molecule has 41 heavy (non-hydrogen) atoms. The quantitative estimate of drug-likeness (QED) is 0.137. The third-order valence-corrected chi connectivity index (χ3v) is 6.75. The van der Waals surface area contributed by atoms with Crippen molar-refractivity contribution in [2.75, 3.05) is 13.2 Å². The number of benzene rings is 4. The van der Waals surface area contributed by atoms with Crippen LogP contribution >= 0.6 is 0 Å². The lowest BCUT2D eigenvalue weighted by Gasteiger charge is -2.09. The van der Waals surface area contributed by atoms with E-state index >= 15 is 0 Å². The molecule has 2 heterocycles. The van der Waals surface area contributed by atoms with Crippen molar-refractivity contribution < 1.29 is 9.47 Å². The van der Waals surface area contributed by atoms with Gasteiger partial charge in [0.15, 0.2) is 5.69 Å². The van der Waals surface area contributed by atoms with Crippen molar-refractivity contribution in [1.29, 1.82) is 5.26 Å². The molecular formula is C33H26N6O2. The monoisotopic (exact) mass is 538 g/mol. The van der Waals surface area contributed by atoms with Gasteiger partial charge in [-0.25, -0.2) is 14.8 Å². The van der Waals surface area contributed by atoms with Crippen LogP contribution in [-0.4, -0.2) is 33.1 Å². The molecule has 2 N–H and O–H groups in total. The van der Waals surface area contributed by atoms with E-state index in [1.807, 2.05) is 66.7 Å². The SMILES string of the molecule is [C-]#[N+]c1ccc2nc(-c3cccc(OCCCCCOc4cccc(-c5nc6ccc(C#N)cc6[nH]5)c4)c3)[nH]c2c1. The van der Waals surface area contributed by atoms with Crippen LogP contribution in [0.2, 0.25) is 0 Å². The first-order valence-corrected chi connectivity index (χ1v) is 13.4. The van der Waals surface area contributed by atoms with Gasteiger partial charge < -0.3 is 19.4 Å². The molecule has 0 aliphatic rings. The van der Waals surface area contributed by atoms with Crippen LogP contribution in [0.3, 0.4) is 0 Å². The molecule has 4 aromatic carbocycles. The Hall–Kier alpha value is -5.60. The summed E-state index contributed by atoms with van der Waals surface area (Å²) in [5.74, 6) is 3.09. The molecule has 0 aliphatic heterocycles. The summed E-state index contributed by atoms with van der Waals surface area (Å²) in [5, 5.41) is 9.13. The number of fused-ring (bicyclic) bond motifs is 2. The lowest BCUT2D eigenvalue weighted by Crippen LogP contribution is -2.01. The van der Waals surface area contributed by atoms with E-state index in [1.54, 1.807) is 18.2 Å². The summed E-state index contributed by atoms with van der Waals surface area (Å²) < 4.78 is 12.0. The molecule has 200 valence electrons. The fourth-order valence-electron chi connectivity index (χ4n) is 4.65. The summed E-state index contributed by atoms with van der Waals surface area (Å²) in [6.07, 6.45) is 2.82. The lowest BCUT2D eigenvalue weighted by atomic mass is 10.2. The number of aromatic nitrogens is 4. The minimum Gasteiger partial charge on any atom is -0.494 e. The van der Waals surface area contributed by atoms with Gasteiger partial charge in [-0.1, -0.05) is 30.3 Å². The molecule has 6 rings (SSSR count). The normalized spacial score (nSPS) is 10.9. The van der Waals surface area contributed by atoms with E-state index in [-0.39, 0.29) is 0 Å². The van der Waals surface area contributed by atoms with Gasteiger partial charge in [-0.2, -0.15) is 5.26 Å². The molecule has 0 saturated carbocycles. The molecule has 0 saturated heterocycles. The summed E-state index contributed by atoms with van der Waals surface area (Å²) in [6.45, 7) is 8.43. The molecule has 0 spiro atoms. The molecule has 0 fully saturated rings. The van der Waals surface area contributed by atoms with Crippen LogP contribution in [0.25, 0.3) is 49.7 Å². The molecule has 0 atom stereocenters. The summed E-state index contributed by atoms with van der Waals surface area (Å²) >= 11 is 0. The van der Waals surface area contributed by atoms with Gasteiger partial charge in [-0.05, 0) is 73.9 Å². The number of nitrogens with one attached hydrogen (secondary N) is 2. The smallest absolute Gasteiger partial charge is 0.189 e. The molecular weight excluding hydrogens is 512 g/mol. The highest BCUT2D eigenvalue weighted by molar-refractivity contribution is 5.83. The van der Waals surface area contributed by atoms with Crippen molar-refractivity contribution in [2.45, 2.75) is 19.3 Å². The fraction of sp³-hybridized carbons (Fsp3) is 0.152. The van der Waals surface area contributed by atoms with Gasteiger partial charge in [-0.15, -0.1) is 0 Å². The molecule has 2 aromatic heterocycles. The number of ether oxygens (including phenoxy) is 2. The number of rotatable bonds is 10. The van der Waals surface area contributed by atoms with Gasteiger partial charge in [0, 0.05) is 11.1 Å². The van der Waals surface area contributed by atoms with Crippen LogP contribution in [-0.2, 0) is 0 Å². The van der Waals surface area contributed by atoms with Gasteiger partial charge in [0.05, 0.1) is 53.5 Å². The summed E-state index contributed by atoms with van der Waals surface area (Å²) in [7, 11) is 0. The highest BCUT2D eigenvalue weighted by Crippen LogP contribution is 2.27. The average Bonchev–Trinajstić information content (AvgIpc) is 3.64. The van der Waals surface area contributed by atoms with Gasteiger partial charge in [0.25, 0.3) is 0 Å². The Bertz CT molecular complexity index is 1780. The van der Waals surface area contributed by atoms with Crippen molar-refractivity contribution in [3.63, 3.8) is 0 Å². The van der Waals surface area contributed by atoms with Crippen LogP contribution in [0.4, 0.5) is 5.69 Å². The Morgan fingerprint density at radius 2 is 1.29 bits per heavy atom. The van der Waals surface area contributed by atoms with Crippen molar-refractivity contribution in [1.82, 2.24) is 19.9 Å². The topological polar surface area (TPSA) is 104 Å². The Labute approximate surface area is 237 Å². The number of aromatic amines is 2. The number of hydrogen-bond donors (Lipinski definition) is 2. The van der Waals surface area contributed by atoms with Gasteiger partial charge in [-0.3, -0.25) is 0 Å². The summed E-state index contributed by atoms with van der Waals surface area (Å²) in [4.78, 5) is 19.4. The zero-order valence-electron chi connectivity index (χ0n) is 22.2. The second-order valence-electron chi connectivity index (χ2n) is 9.64. The zero-order chi connectivity index (χ0) is 28.0. The Morgan fingerprint density at radius 3 is 1.88 bits per heavy atom. The second-order valence-corrected chi connectivity index (χ2v) is 9.64. The molecule has 0 bridgehead atoms. The Balaban J connectivity index is 0.966. The number of imidazole rings is 2. The van der Waals surface area contributed by atoms with E-state index in [2.05, 4.69) is 30.9 Å². The predicted octanol–water partition coefficient (Wildman–Crippen LogP) is 7.82. The average molecular weight is 539 g/mol. The van der Waals surface area contributed by atoms with Crippen molar-refractivity contribution >= 4 is 27.8 Å². The number of nitrogens with zero attached hydrogens (tertiary/aromatic N) is 4. The Kier molecular flexibility index (Phi) is 7.29. The van der Waals surface area contributed by atoms with Crippen molar-refractivity contribution in [2.24, 2.45) is 0 Å². The second kappa shape index (κ2) is 11.6. The number of unbranched alkanes of at least 4 members (excludes halogenated alkanes) is 2. The van der Waals surface area contributed by atoms with Crippen LogP contribution < -0.4 is 9.47 Å². The van der Waals surface area contributed by atoms with E-state index < -0.39 is 0 Å². The highest BCUT2D eigenvalue weighted by Gasteiger charge is 2.09. The standard InChI is InChI=1S/C33H26N6O2/c1-35-25-12-14-29-31(20-25)39-33(37-29)24-8-6-10-27(19-24)41-16-4-2-3-15-40-26-9-5-7-23(18-26)32-36-28-13-11-22(21-34)17-30(28)38-32/h5-14,17-20H,2-4,15-16H2,(H,36,38)(H,37,39). The number of H-pyrrole nitrogens is 2. The largest absolute Gasteiger partial charge is 0.494 e. The van der Waals surface area contributed by atoms with Gasteiger partial charge >= 0.3 is 0 Å². The molecule has 0 amide bonds. The first-order chi connectivity index (χ1) is 20.2. The van der Waals surface area contributed by atoms with E-state index in [0.29, 0.717) is 24.5 Å². The summed E-state index contributed by atoms with van der Waals surface area (Å²) in [5.41, 5.74) is 6.40. The van der Waals surface area contributed by atoms with Crippen molar-refractivity contribution in [3.8, 4) is 40.3 Å². The van der Waals surface area contributed by atoms with Gasteiger partial charge in [0.2, 0.25) is 0 Å². The van der Waals surface area contributed by atoms with E-state index in [0.717, 1.165) is 75.6 Å². The first kappa shape index (κ1) is 25.7. The third-order valence-electron chi connectivity index (χ3n) is 6.75. The molecule has 0 unspecified atom stereocenters. The van der Waals surface area contributed by atoms with E-state index in [4.69, 9.17) is 21.3 Å². The first-order valence-electron chi connectivity index (χ1n) is 13.4. The third kappa shape index (κ3) is 5.88. The number of nitriles is 1. The molecule has 8 heteroatoms. The molecule has 6 aromatic rings. The molecule has 8 nitrogen and oxygen atoms in total. The van der Waals surface area contributed by atoms with Crippen molar-refractivity contribution in [3.05, 3.63) is 102 Å². The minimum absolute atomic E-state index is 0.586. The minimum atomic E-state index is 0.586. The van der Waals surface area contributed by atoms with Crippen LogP contribution in [0.1, 0.15) is 24.8 Å². The van der Waals surface area contributed by atoms with Gasteiger partial charge in [0.1, 0.15) is 23.1 Å². The predicted molar refractivity (Wildman–Crippen MR) is 159 cm³/mol. The fourth-order valence-corrected chi connectivity index (χ4v) is 4.65. The Morgan fingerprint density at radius 1 is 0.707 bits per heavy atom. The molecule has 0 aliphatic carbocycles. The van der Waals surface area contributed by atoms with Crippen LogP contribution in [0.5, 0.6) is 11.5 Å². The lowest BCUT2D eigenvalue weighted by molar-refractivity contribution is 0.279. The van der Waals surface area contributed by atoms with E-state index in [1.165, 1.54) is 0 Å². The summed E-state index contributed by atoms with van der Waals surface area (Å²) in [6, 6.07) is 28.8. The number of hydrogen-bond acceptors (Lipinski definition) is 5.